The van der Waals surface area contributed by atoms with E-state index >= 15 is 0 Å². The van der Waals surface area contributed by atoms with Crippen molar-refractivity contribution in [3.63, 3.8) is 0 Å². The van der Waals surface area contributed by atoms with Gasteiger partial charge < -0.3 is 36.6 Å². The zero-order valence-electron chi connectivity index (χ0n) is 18.6. The van der Waals surface area contributed by atoms with Gasteiger partial charge in [-0.05, 0) is 43.5 Å². The van der Waals surface area contributed by atoms with Gasteiger partial charge in [-0.15, -0.1) is 0 Å². The number of carboxylic acids is 3. The molecule has 0 fully saturated rings. The monoisotopic (exact) mass is 498 g/mol. The quantitative estimate of drug-likeness (QED) is 0.161. The lowest BCUT2D eigenvalue weighted by molar-refractivity contribution is -0.141. The standard InChI is InChI=1S/C21H27FN4O9/c22-13-8-6-12(7-9-13)18(30)23-10-2-4-16(27)25-15(20(33)34)11-24-21(35)26-14(19(31)32)3-1-5-17(28)29/h6-9,14-15H,1-5,10-11H2,(H,23,30)(H,25,27)(H,28,29)(H,31,32)(H,33,34)(H2,24,26,35)/t14-,15-/m0/s1. The molecule has 0 aromatic heterocycles. The van der Waals surface area contributed by atoms with Gasteiger partial charge in [0, 0.05) is 24.9 Å². The highest BCUT2D eigenvalue weighted by Crippen LogP contribution is 2.03. The molecule has 1 rings (SSSR count). The van der Waals surface area contributed by atoms with Crippen LogP contribution < -0.4 is 21.3 Å². The van der Waals surface area contributed by atoms with Gasteiger partial charge in [0.25, 0.3) is 5.91 Å². The first-order valence-corrected chi connectivity index (χ1v) is 10.5. The fourth-order valence-corrected chi connectivity index (χ4v) is 2.74. The van der Waals surface area contributed by atoms with Gasteiger partial charge in [0.1, 0.15) is 17.9 Å². The Bertz CT molecular complexity index is 924. The van der Waals surface area contributed by atoms with Gasteiger partial charge in [0.15, 0.2) is 0 Å². The van der Waals surface area contributed by atoms with Crippen LogP contribution in [0.5, 0.6) is 0 Å². The summed E-state index contributed by atoms with van der Waals surface area (Å²) in [6.07, 6.45) is -0.382. The second-order valence-electron chi connectivity index (χ2n) is 7.36. The van der Waals surface area contributed by atoms with Crippen molar-refractivity contribution < 1.29 is 48.5 Å². The Labute approximate surface area is 199 Å². The minimum atomic E-state index is -1.50. The molecule has 0 spiro atoms. The molecule has 1 aromatic rings. The fourth-order valence-electron chi connectivity index (χ4n) is 2.74. The molecule has 0 bridgehead atoms. The molecule has 1 aromatic carbocycles. The summed E-state index contributed by atoms with van der Waals surface area (Å²) in [7, 11) is 0. The lowest BCUT2D eigenvalue weighted by atomic mass is 10.1. The summed E-state index contributed by atoms with van der Waals surface area (Å²) in [6, 6.07) is 0.972. The van der Waals surface area contributed by atoms with Crippen LogP contribution >= 0.6 is 0 Å². The minimum Gasteiger partial charge on any atom is -0.481 e. The first kappa shape index (κ1) is 28.8. The van der Waals surface area contributed by atoms with Crippen molar-refractivity contribution >= 4 is 35.8 Å². The van der Waals surface area contributed by atoms with Crippen molar-refractivity contribution in [2.75, 3.05) is 13.1 Å². The number of hydrogen-bond acceptors (Lipinski definition) is 6. The number of aliphatic carboxylic acids is 3. The van der Waals surface area contributed by atoms with E-state index in [9.17, 15) is 38.3 Å². The molecule has 2 atom stereocenters. The molecule has 0 radical (unpaired) electrons. The Kier molecular flexibility index (Phi) is 12.2. The molecule has 192 valence electrons. The number of urea groups is 1. The molecule has 0 aliphatic rings. The van der Waals surface area contributed by atoms with E-state index in [2.05, 4.69) is 21.3 Å². The Balaban J connectivity index is 2.40. The van der Waals surface area contributed by atoms with Crippen LogP contribution in [0.25, 0.3) is 0 Å². The Hall–Kier alpha value is -4.23. The molecule has 4 amide bonds. The third-order valence-electron chi connectivity index (χ3n) is 4.56. The molecule has 0 aliphatic heterocycles. The highest BCUT2D eigenvalue weighted by atomic mass is 19.1. The van der Waals surface area contributed by atoms with Crippen LogP contribution in [0.3, 0.4) is 0 Å². The van der Waals surface area contributed by atoms with Gasteiger partial charge in [-0.2, -0.15) is 0 Å². The molecule has 14 heteroatoms. The number of rotatable bonds is 15. The lowest BCUT2D eigenvalue weighted by Crippen LogP contribution is -2.52. The smallest absolute Gasteiger partial charge is 0.328 e. The van der Waals surface area contributed by atoms with Gasteiger partial charge in [0.05, 0.1) is 6.54 Å². The number of hydrogen-bond donors (Lipinski definition) is 7. The van der Waals surface area contributed by atoms with E-state index in [4.69, 9.17) is 10.2 Å². The first-order chi connectivity index (χ1) is 16.5. The maximum absolute atomic E-state index is 12.9. The zero-order chi connectivity index (χ0) is 26.4. The normalized spacial score (nSPS) is 12.0. The fraction of sp³-hybridized carbons (Fsp3) is 0.429. The van der Waals surface area contributed by atoms with Gasteiger partial charge in [-0.25, -0.2) is 18.8 Å². The van der Waals surface area contributed by atoms with Crippen LogP contribution in [-0.4, -0.2) is 76.2 Å². The number of halogens is 1. The van der Waals surface area contributed by atoms with Crippen LogP contribution in [0.2, 0.25) is 0 Å². The maximum atomic E-state index is 12.9. The summed E-state index contributed by atoms with van der Waals surface area (Å²) < 4.78 is 12.9. The summed E-state index contributed by atoms with van der Waals surface area (Å²) in [5, 5.41) is 35.9. The summed E-state index contributed by atoms with van der Waals surface area (Å²) in [5.74, 6) is -5.57. The van der Waals surface area contributed by atoms with E-state index in [1.54, 1.807) is 0 Å². The van der Waals surface area contributed by atoms with E-state index in [1.165, 1.54) is 12.1 Å². The SMILES string of the molecule is O=C(O)CCC[C@H](NC(=O)NC[C@H](NC(=O)CCCNC(=O)c1ccc(F)cc1)C(=O)O)C(=O)O. The number of carbonyl (C=O) groups excluding carboxylic acids is 3. The summed E-state index contributed by atoms with van der Waals surface area (Å²) in [4.78, 5) is 68.9. The summed E-state index contributed by atoms with van der Waals surface area (Å²) in [6.45, 7) is -0.448. The molecule has 0 unspecified atom stereocenters. The van der Waals surface area contributed by atoms with Crippen LogP contribution in [0.4, 0.5) is 9.18 Å². The van der Waals surface area contributed by atoms with Crippen LogP contribution in [0, 0.1) is 5.82 Å². The molecule has 0 saturated heterocycles. The average molecular weight is 498 g/mol. The average Bonchev–Trinajstić information content (AvgIpc) is 2.78. The third kappa shape index (κ3) is 12.0. The molecular formula is C21H27FN4O9. The number of carboxylic acid groups (broad SMARTS) is 3. The van der Waals surface area contributed by atoms with Crippen molar-refractivity contribution in [2.24, 2.45) is 0 Å². The third-order valence-corrected chi connectivity index (χ3v) is 4.56. The van der Waals surface area contributed by atoms with Gasteiger partial charge in [-0.1, -0.05) is 0 Å². The molecule has 0 heterocycles. The van der Waals surface area contributed by atoms with Crippen LogP contribution in [0.15, 0.2) is 24.3 Å². The molecule has 0 aliphatic carbocycles. The van der Waals surface area contributed by atoms with E-state index in [1.807, 2.05) is 0 Å². The van der Waals surface area contributed by atoms with Gasteiger partial charge in [0.2, 0.25) is 5.91 Å². The minimum absolute atomic E-state index is 0.00470. The zero-order valence-corrected chi connectivity index (χ0v) is 18.6. The number of nitrogens with one attached hydrogen (secondary N) is 4. The van der Waals surface area contributed by atoms with Gasteiger partial charge in [-0.3, -0.25) is 14.4 Å². The predicted molar refractivity (Wildman–Crippen MR) is 117 cm³/mol. The lowest BCUT2D eigenvalue weighted by Gasteiger charge is -2.18. The van der Waals surface area contributed by atoms with Crippen molar-refractivity contribution in [3.05, 3.63) is 35.6 Å². The summed E-state index contributed by atoms with van der Waals surface area (Å²) >= 11 is 0. The second-order valence-corrected chi connectivity index (χ2v) is 7.36. The van der Waals surface area contributed by atoms with E-state index in [-0.39, 0.29) is 44.2 Å². The first-order valence-electron chi connectivity index (χ1n) is 10.5. The molecular weight excluding hydrogens is 471 g/mol. The van der Waals surface area contributed by atoms with Crippen molar-refractivity contribution in [1.82, 2.24) is 21.3 Å². The van der Waals surface area contributed by atoms with Crippen molar-refractivity contribution in [1.29, 1.82) is 0 Å². The predicted octanol–water partition coefficient (Wildman–Crippen LogP) is -0.0876. The maximum Gasteiger partial charge on any atom is 0.328 e. The molecule has 13 nitrogen and oxygen atoms in total. The van der Waals surface area contributed by atoms with E-state index in [0.717, 1.165) is 12.1 Å². The molecule has 7 N–H and O–H groups in total. The Morgan fingerprint density at radius 1 is 0.800 bits per heavy atom. The van der Waals surface area contributed by atoms with E-state index < -0.39 is 60.2 Å². The molecule has 35 heavy (non-hydrogen) atoms. The largest absolute Gasteiger partial charge is 0.481 e. The topological polar surface area (TPSA) is 211 Å². The van der Waals surface area contributed by atoms with E-state index in [0.29, 0.717) is 0 Å². The molecule has 0 saturated carbocycles. The highest BCUT2D eigenvalue weighted by molar-refractivity contribution is 5.94. The number of carbonyl (C=O) groups is 6. The summed E-state index contributed by atoms with van der Waals surface area (Å²) in [5.41, 5.74) is 0.234. The van der Waals surface area contributed by atoms with Crippen LogP contribution in [-0.2, 0) is 19.2 Å². The van der Waals surface area contributed by atoms with Gasteiger partial charge >= 0.3 is 23.9 Å². The van der Waals surface area contributed by atoms with Crippen molar-refractivity contribution in [2.45, 2.75) is 44.2 Å². The van der Waals surface area contributed by atoms with Crippen molar-refractivity contribution in [3.8, 4) is 0 Å². The number of benzene rings is 1. The second kappa shape index (κ2) is 14.8. The Morgan fingerprint density at radius 3 is 2.00 bits per heavy atom. The van der Waals surface area contributed by atoms with Crippen LogP contribution in [0.1, 0.15) is 42.5 Å². The Morgan fingerprint density at radius 2 is 1.43 bits per heavy atom. The number of amides is 4. The highest BCUT2D eigenvalue weighted by Gasteiger charge is 2.23.